The smallest absolute Gasteiger partial charge is 0.353 e. The van der Waals surface area contributed by atoms with Gasteiger partial charge in [-0.05, 0) is 67.3 Å². The minimum atomic E-state index is -1.21. The maximum Gasteiger partial charge on any atom is 0.353 e. The fourth-order valence-corrected chi connectivity index (χ4v) is 4.14. The van der Waals surface area contributed by atoms with Gasteiger partial charge in [-0.2, -0.15) is 10.1 Å². The largest absolute Gasteiger partial charge is 0.490 e. The van der Waals surface area contributed by atoms with Gasteiger partial charge in [0.25, 0.3) is 5.91 Å². The van der Waals surface area contributed by atoms with E-state index in [4.69, 9.17) is 21.1 Å². The number of carbonyl (C=O) groups excluding carboxylic acids is 2. The third kappa shape index (κ3) is 5.11. The first-order chi connectivity index (χ1) is 16.8. The van der Waals surface area contributed by atoms with Gasteiger partial charge >= 0.3 is 11.9 Å². The second-order valence-corrected chi connectivity index (χ2v) is 8.69. The van der Waals surface area contributed by atoms with E-state index >= 15 is 0 Å². The molecular formula is C25H19ClN2O6S. The second-order valence-electron chi connectivity index (χ2n) is 7.34. The van der Waals surface area contributed by atoms with Crippen LogP contribution < -0.4 is 14.5 Å². The zero-order valence-electron chi connectivity index (χ0n) is 18.6. The molecule has 0 saturated carbocycles. The third-order valence-corrected chi connectivity index (χ3v) is 6.17. The van der Waals surface area contributed by atoms with Crippen LogP contribution in [-0.2, 0) is 4.79 Å². The Labute approximate surface area is 209 Å². The number of nitrogens with zero attached hydrogens (tertiary/aromatic N) is 2. The standard InChI is InChI=1S/C25H19ClN2O6S/c1-3-33-21-12-15(6-9-20(21)34-25(32)22-5-4-10-35-22)11-17-14(2)27-28(23(17)29)16-7-8-19(26)18(13-16)24(30)31/h4-13H,3H2,1-2H3,(H,30,31)/b17-11-. The number of halogens is 1. The molecule has 4 rings (SSSR count). The molecule has 10 heteroatoms. The van der Waals surface area contributed by atoms with Crippen molar-refractivity contribution in [2.24, 2.45) is 5.10 Å². The average Bonchev–Trinajstić information content (AvgIpc) is 3.46. The Morgan fingerprint density at radius 1 is 1.17 bits per heavy atom. The molecule has 3 aromatic rings. The molecule has 0 spiro atoms. The number of anilines is 1. The van der Waals surface area contributed by atoms with Crippen molar-refractivity contribution < 1.29 is 29.0 Å². The topological polar surface area (TPSA) is 106 Å². The molecule has 1 amide bonds. The molecule has 0 bridgehead atoms. The number of benzene rings is 2. The minimum absolute atomic E-state index is 0.0627. The summed E-state index contributed by atoms with van der Waals surface area (Å²) in [7, 11) is 0. The molecule has 1 aliphatic heterocycles. The van der Waals surface area contributed by atoms with Gasteiger partial charge in [0.05, 0.1) is 34.2 Å². The summed E-state index contributed by atoms with van der Waals surface area (Å²) in [6.07, 6.45) is 1.64. The molecule has 2 aromatic carbocycles. The van der Waals surface area contributed by atoms with Crippen molar-refractivity contribution in [1.82, 2.24) is 0 Å². The van der Waals surface area contributed by atoms with Gasteiger partial charge in [0, 0.05) is 0 Å². The Morgan fingerprint density at radius 3 is 2.66 bits per heavy atom. The highest BCUT2D eigenvalue weighted by atomic mass is 35.5. The summed E-state index contributed by atoms with van der Waals surface area (Å²) in [5, 5.41) is 16.6. The van der Waals surface area contributed by atoms with Gasteiger partial charge in [-0.15, -0.1) is 11.3 Å². The summed E-state index contributed by atoms with van der Waals surface area (Å²) < 4.78 is 11.1. The number of aromatic carboxylic acids is 1. The highest BCUT2D eigenvalue weighted by molar-refractivity contribution is 7.12. The Morgan fingerprint density at radius 2 is 1.97 bits per heavy atom. The molecule has 0 radical (unpaired) electrons. The highest BCUT2D eigenvalue weighted by Crippen LogP contribution is 2.32. The maximum atomic E-state index is 13.1. The first-order valence-corrected chi connectivity index (χ1v) is 11.7. The van der Waals surface area contributed by atoms with E-state index in [1.807, 2.05) is 6.92 Å². The fraction of sp³-hybridized carbons (Fsp3) is 0.120. The van der Waals surface area contributed by atoms with E-state index in [-0.39, 0.29) is 22.0 Å². The number of thiophene rings is 1. The van der Waals surface area contributed by atoms with Crippen molar-refractivity contribution in [2.45, 2.75) is 13.8 Å². The lowest BCUT2D eigenvalue weighted by Gasteiger charge is -2.13. The first-order valence-electron chi connectivity index (χ1n) is 10.5. The molecule has 0 unspecified atom stereocenters. The van der Waals surface area contributed by atoms with E-state index in [2.05, 4.69) is 5.10 Å². The van der Waals surface area contributed by atoms with Crippen LogP contribution in [0.4, 0.5) is 5.69 Å². The number of rotatable bonds is 7. The number of carbonyl (C=O) groups is 3. The van der Waals surface area contributed by atoms with Crippen molar-refractivity contribution in [2.75, 3.05) is 11.6 Å². The van der Waals surface area contributed by atoms with Crippen LogP contribution in [-0.4, -0.2) is 35.3 Å². The number of carboxylic acid groups (broad SMARTS) is 1. The van der Waals surface area contributed by atoms with Crippen molar-refractivity contribution in [1.29, 1.82) is 0 Å². The number of hydrogen-bond acceptors (Lipinski definition) is 7. The first kappa shape index (κ1) is 24.2. The Balaban J connectivity index is 1.61. The molecular weight excluding hydrogens is 492 g/mol. The van der Waals surface area contributed by atoms with Crippen LogP contribution in [0, 0.1) is 0 Å². The maximum absolute atomic E-state index is 13.1. The van der Waals surface area contributed by atoms with E-state index in [0.717, 1.165) is 5.01 Å². The summed E-state index contributed by atoms with van der Waals surface area (Å²) >= 11 is 7.21. The summed E-state index contributed by atoms with van der Waals surface area (Å²) in [5.74, 6) is -1.50. The summed E-state index contributed by atoms with van der Waals surface area (Å²) in [4.78, 5) is 37.3. The molecule has 35 heavy (non-hydrogen) atoms. The van der Waals surface area contributed by atoms with Gasteiger partial charge in [-0.3, -0.25) is 4.79 Å². The Bertz CT molecular complexity index is 1380. The van der Waals surface area contributed by atoms with Crippen molar-refractivity contribution >= 4 is 58.3 Å². The predicted octanol–water partition coefficient (Wildman–Crippen LogP) is 5.52. The fourth-order valence-electron chi connectivity index (χ4n) is 3.35. The van der Waals surface area contributed by atoms with Crippen LogP contribution in [0.15, 0.2) is 64.6 Å². The molecule has 0 fully saturated rings. The molecule has 1 aliphatic rings. The number of carboxylic acids is 1. The van der Waals surface area contributed by atoms with Gasteiger partial charge in [-0.25, -0.2) is 9.59 Å². The van der Waals surface area contributed by atoms with Crippen LogP contribution >= 0.6 is 22.9 Å². The lowest BCUT2D eigenvalue weighted by Crippen LogP contribution is -2.21. The number of amides is 1. The van der Waals surface area contributed by atoms with Crippen LogP contribution in [0.25, 0.3) is 6.08 Å². The minimum Gasteiger partial charge on any atom is -0.490 e. The van der Waals surface area contributed by atoms with Crippen molar-refractivity contribution in [3.63, 3.8) is 0 Å². The predicted molar refractivity (Wildman–Crippen MR) is 134 cm³/mol. The number of esters is 1. The zero-order valence-corrected chi connectivity index (χ0v) is 20.2. The van der Waals surface area contributed by atoms with E-state index < -0.39 is 17.8 Å². The molecule has 2 heterocycles. The highest BCUT2D eigenvalue weighted by Gasteiger charge is 2.29. The van der Waals surface area contributed by atoms with E-state index in [9.17, 15) is 19.5 Å². The van der Waals surface area contributed by atoms with Crippen molar-refractivity contribution in [3.05, 3.63) is 80.5 Å². The van der Waals surface area contributed by atoms with Gasteiger partial charge in [-0.1, -0.05) is 23.7 Å². The molecule has 178 valence electrons. The SMILES string of the molecule is CCOc1cc(/C=C2\C(=O)N(c3ccc(Cl)c(C(=O)O)c3)N=C2C)ccc1OC(=O)c1cccs1. The van der Waals surface area contributed by atoms with Crippen LogP contribution in [0.1, 0.15) is 39.4 Å². The normalized spacial score (nSPS) is 14.3. The third-order valence-electron chi connectivity index (χ3n) is 4.99. The summed E-state index contributed by atoms with van der Waals surface area (Å²) in [5.41, 5.74) is 1.56. The summed E-state index contributed by atoms with van der Waals surface area (Å²) in [6, 6.07) is 12.6. The van der Waals surface area contributed by atoms with E-state index in [1.54, 1.807) is 48.7 Å². The van der Waals surface area contributed by atoms with Crippen molar-refractivity contribution in [3.8, 4) is 11.5 Å². The van der Waals surface area contributed by atoms with Crippen LogP contribution in [0.2, 0.25) is 5.02 Å². The van der Waals surface area contributed by atoms with Gasteiger partial charge in [0.15, 0.2) is 11.5 Å². The van der Waals surface area contributed by atoms with Gasteiger partial charge in [0.2, 0.25) is 0 Å². The quantitative estimate of drug-likeness (QED) is 0.255. The summed E-state index contributed by atoms with van der Waals surface area (Å²) in [6.45, 7) is 3.83. The van der Waals surface area contributed by atoms with E-state index in [1.165, 1.54) is 29.5 Å². The Kier molecular flexibility index (Phi) is 6.99. The number of hydrogen-bond donors (Lipinski definition) is 1. The van der Waals surface area contributed by atoms with Crippen LogP contribution in [0.3, 0.4) is 0 Å². The monoisotopic (exact) mass is 510 g/mol. The molecule has 1 aromatic heterocycles. The Hall–Kier alpha value is -3.95. The number of hydrazone groups is 1. The number of ether oxygens (including phenoxy) is 2. The van der Waals surface area contributed by atoms with Crippen LogP contribution in [0.5, 0.6) is 11.5 Å². The van der Waals surface area contributed by atoms with Gasteiger partial charge < -0.3 is 14.6 Å². The molecule has 0 atom stereocenters. The molecule has 0 aliphatic carbocycles. The second kappa shape index (κ2) is 10.1. The lowest BCUT2D eigenvalue weighted by molar-refractivity contribution is -0.114. The van der Waals surface area contributed by atoms with E-state index in [0.29, 0.717) is 34.1 Å². The lowest BCUT2D eigenvalue weighted by atomic mass is 10.1. The molecule has 8 nitrogen and oxygen atoms in total. The van der Waals surface area contributed by atoms with Gasteiger partial charge in [0.1, 0.15) is 4.88 Å². The average molecular weight is 511 g/mol. The molecule has 0 saturated heterocycles. The molecule has 1 N–H and O–H groups in total. The zero-order chi connectivity index (χ0) is 25.1.